The highest BCUT2D eigenvalue weighted by atomic mass is 79.9. The molecule has 0 bridgehead atoms. The van der Waals surface area contributed by atoms with Crippen LogP contribution in [0.15, 0.2) is 53.0 Å². The van der Waals surface area contributed by atoms with Gasteiger partial charge in [-0.2, -0.15) is 0 Å². The zero-order chi connectivity index (χ0) is 14.1. The number of hydrogen-bond donors (Lipinski definition) is 0. The average Bonchev–Trinajstić information content (AvgIpc) is 2.45. The standard InChI is InChI=1S/C16H14BrNO2/c1-11-10-18(14-7-2-3-8-15(14)20-11)16(19)12-5-4-6-13(17)9-12/h2-9,11H,10H2,1H3. The van der Waals surface area contributed by atoms with Crippen molar-refractivity contribution in [3.63, 3.8) is 0 Å². The Morgan fingerprint density at radius 2 is 2.05 bits per heavy atom. The number of carbonyl (C=O) groups excluding carboxylic acids is 1. The summed E-state index contributed by atoms with van der Waals surface area (Å²) in [7, 11) is 0. The SMILES string of the molecule is CC1CN(C(=O)c2cccc(Br)c2)c2ccccc2O1. The van der Waals surface area contributed by atoms with Gasteiger partial charge in [0.2, 0.25) is 0 Å². The monoisotopic (exact) mass is 331 g/mol. The summed E-state index contributed by atoms with van der Waals surface area (Å²) in [5.41, 5.74) is 1.50. The number of amides is 1. The van der Waals surface area contributed by atoms with Crippen LogP contribution in [0.2, 0.25) is 0 Å². The summed E-state index contributed by atoms with van der Waals surface area (Å²) < 4.78 is 6.67. The molecule has 20 heavy (non-hydrogen) atoms. The first-order chi connectivity index (χ1) is 9.65. The maximum Gasteiger partial charge on any atom is 0.258 e. The molecule has 1 aliphatic rings. The van der Waals surface area contributed by atoms with Crippen LogP contribution in [0.5, 0.6) is 5.75 Å². The number of fused-ring (bicyclic) bond motifs is 1. The lowest BCUT2D eigenvalue weighted by molar-refractivity contribution is 0.0961. The molecule has 0 saturated heterocycles. The minimum atomic E-state index is -0.0130. The van der Waals surface area contributed by atoms with Crippen LogP contribution in [0.25, 0.3) is 0 Å². The van der Waals surface area contributed by atoms with Crippen LogP contribution in [0.1, 0.15) is 17.3 Å². The molecule has 0 spiro atoms. The number of anilines is 1. The Morgan fingerprint density at radius 3 is 2.85 bits per heavy atom. The first-order valence-corrected chi connectivity index (χ1v) is 7.27. The second kappa shape index (κ2) is 5.29. The molecule has 102 valence electrons. The molecular weight excluding hydrogens is 318 g/mol. The third kappa shape index (κ3) is 2.43. The zero-order valence-electron chi connectivity index (χ0n) is 11.0. The van der Waals surface area contributed by atoms with E-state index in [-0.39, 0.29) is 12.0 Å². The number of ether oxygens (including phenoxy) is 1. The number of carbonyl (C=O) groups is 1. The molecule has 0 aromatic heterocycles. The van der Waals surface area contributed by atoms with E-state index in [1.807, 2.05) is 55.5 Å². The molecule has 0 saturated carbocycles. The lowest BCUT2D eigenvalue weighted by Crippen LogP contribution is -2.42. The molecule has 0 N–H and O–H groups in total. The molecule has 1 amide bonds. The Bertz CT molecular complexity index is 656. The van der Waals surface area contributed by atoms with Crippen molar-refractivity contribution in [1.82, 2.24) is 0 Å². The van der Waals surface area contributed by atoms with Gasteiger partial charge in [0.25, 0.3) is 5.91 Å². The molecule has 2 aromatic rings. The number of nitrogens with zero attached hydrogens (tertiary/aromatic N) is 1. The van der Waals surface area contributed by atoms with Crippen LogP contribution in [-0.2, 0) is 0 Å². The maximum absolute atomic E-state index is 12.7. The number of para-hydroxylation sites is 2. The molecule has 2 aromatic carbocycles. The third-order valence-corrected chi connectivity index (χ3v) is 3.73. The van der Waals surface area contributed by atoms with Crippen LogP contribution in [0.3, 0.4) is 0 Å². The van der Waals surface area contributed by atoms with E-state index in [1.165, 1.54) is 0 Å². The molecule has 1 unspecified atom stereocenters. The van der Waals surface area contributed by atoms with Crippen LogP contribution in [0.4, 0.5) is 5.69 Å². The summed E-state index contributed by atoms with van der Waals surface area (Å²) >= 11 is 3.40. The van der Waals surface area contributed by atoms with Crippen LogP contribution in [-0.4, -0.2) is 18.6 Å². The molecule has 1 heterocycles. The lowest BCUT2D eigenvalue weighted by atomic mass is 10.1. The Balaban J connectivity index is 2.00. The highest BCUT2D eigenvalue weighted by Gasteiger charge is 2.27. The summed E-state index contributed by atoms with van der Waals surface area (Å²) in [5.74, 6) is 0.753. The summed E-state index contributed by atoms with van der Waals surface area (Å²) in [6, 6.07) is 15.1. The van der Waals surface area contributed by atoms with E-state index >= 15 is 0 Å². The van der Waals surface area contributed by atoms with E-state index < -0.39 is 0 Å². The Labute approximate surface area is 126 Å². The van der Waals surface area contributed by atoms with Gasteiger partial charge in [-0.1, -0.05) is 34.1 Å². The molecule has 0 fully saturated rings. The number of halogens is 1. The molecule has 3 nitrogen and oxygen atoms in total. The number of benzene rings is 2. The van der Waals surface area contributed by atoms with Crippen molar-refractivity contribution in [2.24, 2.45) is 0 Å². The quantitative estimate of drug-likeness (QED) is 0.793. The predicted octanol–water partition coefficient (Wildman–Crippen LogP) is 3.88. The van der Waals surface area contributed by atoms with Gasteiger partial charge in [-0.05, 0) is 37.3 Å². The van der Waals surface area contributed by atoms with Gasteiger partial charge < -0.3 is 9.64 Å². The van der Waals surface area contributed by atoms with Crippen molar-refractivity contribution in [2.75, 3.05) is 11.4 Å². The van der Waals surface area contributed by atoms with Crippen molar-refractivity contribution in [2.45, 2.75) is 13.0 Å². The summed E-state index contributed by atoms with van der Waals surface area (Å²) in [6.07, 6.45) is -0.0130. The Morgan fingerprint density at radius 1 is 1.25 bits per heavy atom. The average molecular weight is 332 g/mol. The largest absolute Gasteiger partial charge is 0.487 e. The van der Waals surface area contributed by atoms with Gasteiger partial charge in [-0.15, -0.1) is 0 Å². The summed E-state index contributed by atoms with van der Waals surface area (Å²) in [6.45, 7) is 2.53. The second-order valence-electron chi connectivity index (χ2n) is 4.82. The van der Waals surface area contributed by atoms with Crippen molar-refractivity contribution in [3.8, 4) is 5.75 Å². The van der Waals surface area contributed by atoms with Crippen molar-refractivity contribution < 1.29 is 9.53 Å². The van der Waals surface area contributed by atoms with Crippen molar-refractivity contribution in [3.05, 3.63) is 58.6 Å². The first kappa shape index (κ1) is 13.2. The predicted molar refractivity (Wildman–Crippen MR) is 82.4 cm³/mol. The van der Waals surface area contributed by atoms with Gasteiger partial charge in [0.05, 0.1) is 12.2 Å². The highest BCUT2D eigenvalue weighted by Crippen LogP contribution is 2.34. The molecule has 4 heteroatoms. The van der Waals surface area contributed by atoms with E-state index in [2.05, 4.69) is 15.9 Å². The lowest BCUT2D eigenvalue weighted by Gasteiger charge is -2.33. The number of rotatable bonds is 1. The van der Waals surface area contributed by atoms with Gasteiger partial charge in [0, 0.05) is 10.0 Å². The van der Waals surface area contributed by atoms with E-state index in [0.29, 0.717) is 12.1 Å². The molecular formula is C16H14BrNO2. The van der Waals surface area contributed by atoms with Gasteiger partial charge in [-0.3, -0.25) is 4.79 Å². The minimum Gasteiger partial charge on any atom is -0.487 e. The van der Waals surface area contributed by atoms with E-state index in [0.717, 1.165) is 15.9 Å². The third-order valence-electron chi connectivity index (χ3n) is 3.24. The fraction of sp³-hybridized carbons (Fsp3) is 0.188. The molecule has 1 aliphatic heterocycles. The van der Waals surface area contributed by atoms with Crippen LogP contribution >= 0.6 is 15.9 Å². The smallest absolute Gasteiger partial charge is 0.258 e. The summed E-state index contributed by atoms with van der Waals surface area (Å²) in [4.78, 5) is 14.5. The normalized spacial score (nSPS) is 17.3. The topological polar surface area (TPSA) is 29.5 Å². The van der Waals surface area contributed by atoms with Crippen LogP contribution < -0.4 is 9.64 Å². The maximum atomic E-state index is 12.7. The molecule has 1 atom stereocenters. The van der Waals surface area contributed by atoms with Gasteiger partial charge in [0.1, 0.15) is 11.9 Å². The van der Waals surface area contributed by atoms with Gasteiger partial charge in [-0.25, -0.2) is 0 Å². The van der Waals surface area contributed by atoms with E-state index in [1.54, 1.807) is 4.90 Å². The summed E-state index contributed by atoms with van der Waals surface area (Å²) in [5, 5.41) is 0. The molecule has 0 aliphatic carbocycles. The fourth-order valence-corrected chi connectivity index (χ4v) is 2.76. The first-order valence-electron chi connectivity index (χ1n) is 6.48. The molecule has 0 radical (unpaired) electrons. The minimum absolute atomic E-state index is 0.00565. The van der Waals surface area contributed by atoms with Crippen molar-refractivity contribution >= 4 is 27.5 Å². The van der Waals surface area contributed by atoms with Crippen LogP contribution in [0, 0.1) is 0 Å². The molecule has 3 rings (SSSR count). The van der Waals surface area contributed by atoms with Crippen molar-refractivity contribution in [1.29, 1.82) is 0 Å². The Kier molecular flexibility index (Phi) is 3.49. The Hall–Kier alpha value is -1.81. The van der Waals surface area contributed by atoms with E-state index in [4.69, 9.17) is 4.74 Å². The number of hydrogen-bond acceptors (Lipinski definition) is 2. The highest BCUT2D eigenvalue weighted by molar-refractivity contribution is 9.10. The van der Waals surface area contributed by atoms with Gasteiger partial charge >= 0.3 is 0 Å². The van der Waals surface area contributed by atoms with E-state index in [9.17, 15) is 4.79 Å². The fourth-order valence-electron chi connectivity index (χ4n) is 2.36. The van der Waals surface area contributed by atoms with Gasteiger partial charge in [0.15, 0.2) is 0 Å². The zero-order valence-corrected chi connectivity index (χ0v) is 12.6. The second-order valence-corrected chi connectivity index (χ2v) is 5.74.